The molecule has 2 aromatic carbocycles. The Morgan fingerprint density at radius 3 is 2.64 bits per heavy atom. The normalized spacial score (nSPS) is 13.6. The summed E-state index contributed by atoms with van der Waals surface area (Å²) in [7, 11) is 0. The molecule has 3 aromatic rings. The van der Waals surface area contributed by atoms with Crippen molar-refractivity contribution in [1.82, 2.24) is 15.0 Å². The monoisotopic (exact) mass is 334 g/mol. The molecule has 2 heterocycles. The number of anilines is 1. The van der Waals surface area contributed by atoms with Crippen LogP contribution in [0.5, 0.6) is 0 Å². The third kappa shape index (κ3) is 2.87. The number of carbonyl (C=O) groups is 1. The van der Waals surface area contributed by atoms with E-state index in [1.807, 2.05) is 48.2 Å². The van der Waals surface area contributed by atoms with E-state index in [2.05, 4.69) is 22.3 Å². The molecule has 0 unspecified atom stereocenters. The smallest absolute Gasteiger partial charge is 0.360 e. The number of aryl methyl sites for hydroxylation is 1. The summed E-state index contributed by atoms with van der Waals surface area (Å²) in [6, 6.07) is 15.9. The lowest BCUT2D eigenvalue weighted by molar-refractivity contribution is 0.0690. The molecule has 0 radical (unpaired) electrons. The van der Waals surface area contributed by atoms with Crippen molar-refractivity contribution in [2.45, 2.75) is 19.9 Å². The van der Waals surface area contributed by atoms with Crippen molar-refractivity contribution >= 4 is 11.8 Å². The fourth-order valence-electron chi connectivity index (χ4n) is 3.19. The van der Waals surface area contributed by atoms with Gasteiger partial charge in [-0.1, -0.05) is 36.4 Å². The van der Waals surface area contributed by atoms with Gasteiger partial charge in [0.05, 0.1) is 5.69 Å². The zero-order valence-electron chi connectivity index (χ0n) is 13.9. The number of aromatic nitrogens is 3. The predicted molar refractivity (Wildman–Crippen MR) is 94.3 cm³/mol. The second kappa shape index (κ2) is 6.05. The van der Waals surface area contributed by atoms with Crippen LogP contribution in [0.1, 0.15) is 27.2 Å². The highest BCUT2D eigenvalue weighted by Gasteiger charge is 2.26. The molecule has 0 saturated heterocycles. The quantitative estimate of drug-likeness (QED) is 0.797. The molecular weight excluding hydrogens is 316 g/mol. The van der Waals surface area contributed by atoms with Gasteiger partial charge in [0.15, 0.2) is 5.82 Å². The van der Waals surface area contributed by atoms with Crippen LogP contribution in [0.25, 0.3) is 5.69 Å². The SMILES string of the molecule is Cc1cccc(-n2nc(C(=O)O)c(N3CCc4ccccc4C3)n2)c1. The van der Waals surface area contributed by atoms with E-state index >= 15 is 0 Å². The highest BCUT2D eigenvalue weighted by atomic mass is 16.4. The molecular formula is C19H18N4O2. The van der Waals surface area contributed by atoms with Crippen LogP contribution < -0.4 is 4.90 Å². The van der Waals surface area contributed by atoms with Crippen LogP contribution in [0, 0.1) is 6.92 Å². The van der Waals surface area contributed by atoms with Crippen molar-refractivity contribution in [3.63, 3.8) is 0 Å². The summed E-state index contributed by atoms with van der Waals surface area (Å²) in [6.07, 6.45) is 0.868. The minimum Gasteiger partial charge on any atom is -0.476 e. The van der Waals surface area contributed by atoms with E-state index in [1.54, 1.807) is 0 Å². The first kappa shape index (κ1) is 15.4. The summed E-state index contributed by atoms with van der Waals surface area (Å²) in [6.45, 7) is 3.35. The highest BCUT2D eigenvalue weighted by molar-refractivity contribution is 5.91. The van der Waals surface area contributed by atoms with Gasteiger partial charge >= 0.3 is 5.97 Å². The predicted octanol–water partition coefficient (Wildman–Crippen LogP) is 2.84. The zero-order valence-corrected chi connectivity index (χ0v) is 13.9. The molecule has 6 nitrogen and oxygen atoms in total. The maximum absolute atomic E-state index is 11.7. The van der Waals surface area contributed by atoms with Gasteiger partial charge in [0.2, 0.25) is 5.69 Å². The van der Waals surface area contributed by atoms with Gasteiger partial charge in [0.1, 0.15) is 0 Å². The summed E-state index contributed by atoms with van der Waals surface area (Å²) in [4.78, 5) is 15.1. The first-order valence-electron chi connectivity index (χ1n) is 8.21. The number of carboxylic acids is 1. The summed E-state index contributed by atoms with van der Waals surface area (Å²) in [5.74, 6) is -0.642. The van der Waals surface area contributed by atoms with Crippen LogP contribution in [0.15, 0.2) is 48.5 Å². The van der Waals surface area contributed by atoms with Crippen LogP contribution in [-0.2, 0) is 13.0 Å². The van der Waals surface area contributed by atoms with Crippen LogP contribution in [0.3, 0.4) is 0 Å². The first-order chi connectivity index (χ1) is 12.1. The lowest BCUT2D eigenvalue weighted by Gasteiger charge is -2.28. The summed E-state index contributed by atoms with van der Waals surface area (Å²) >= 11 is 0. The van der Waals surface area contributed by atoms with Crippen LogP contribution >= 0.6 is 0 Å². The molecule has 1 aromatic heterocycles. The molecule has 4 rings (SSSR count). The fourth-order valence-corrected chi connectivity index (χ4v) is 3.19. The lowest BCUT2D eigenvalue weighted by Crippen LogP contribution is -2.31. The van der Waals surface area contributed by atoms with Crippen molar-refractivity contribution in [1.29, 1.82) is 0 Å². The van der Waals surface area contributed by atoms with Gasteiger partial charge in [-0.15, -0.1) is 15.0 Å². The Bertz CT molecular complexity index is 948. The second-order valence-corrected chi connectivity index (χ2v) is 6.25. The third-order valence-corrected chi connectivity index (χ3v) is 4.46. The maximum atomic E-state index is 11.7. The van der Waals surface area contributed by atoms with Crippen LogP contribution in [0.2, 0.25) is 0 Å². The average molecular weight is 334 g/mol. The molecule has 0 bridgehead atoms. The van der Waals surface area contributed by atoms with Gasteiger partial charge in [0.25, 0.3) is 0 Å². The molecule has 0 amide bonds. The number of rotatable bonds is 3. The molecule has 1 N–H and O–H groups in total. The fraction of sp³-hybridized carbons (Fsp3) is 0.211. The Morgan fingerprint density at radius 1 is 1.08 bits per heavy atom. The number of fused-ring (bicyclic) bond motifs is 1. The summed E-state index contributed by atoms with van der Waals surface area (Å²) in [5.41, 5.74) is 4.32. The standard InChI is InChI=1S/C19H18N4O2/c1-13-5-4-8-16(11-13)23-20-17(19(24)25)18(21-23)22-10-9-14-6-2-3-7-15(14)12-22/h2-8,11H,9-10,12H2,1H3,(H,24,25). The molecule has 0 atom stereocenters. The Balaban J connectivity index is 1.73. The van der Waals surface area contributed by atoms with E-state index in [0.29, 0.717) is 12.4 Å². The van der Waals surface area contributed by atoms with E-state index in [-0.39, 0.29) is 5.69 Å². The molecule has 126 valence electrons. The van der Waals surface area contributed by atoms with Crippen molar-refractivity contribution in [3.8, 4) is 5.69 Å². The van der Waals surface area contributed by atoms with Gasteiger partial charge in [-0.2, -0.15) is 0 Å². The van der Waals surface area contributed by atoms with Gasteiger partial charge in [0, 0.05) is 13.1 Å². The largest absolute Gasteiger partial charge is 0.476 e. The number of nitrogens with zero attached hydrogens (tertiary/aromatic N) is 4. The third-order valence-electron chi connectivity index (χ3n) is 4.46. The summed E-state index contributed by atoms with van der Waals surface area (Å²) in [5, 5.41) is 18.3. The van der Waals surface area contributed by atoms with Crippen molar-refractivity contribution in [3.05, 3.63) is 70.9 Å². The van der Waals surface area contributed by atoms with Gasteiger partial charge in [-0.3, -0.25) is 0 Å². The number of hydrogen-bond donors (Lipinski definition) is 1. The highest BCUT2D eigenvalue weighted by Crippen LogP contribution is 2.26. The Hall–Kier alpha value is -3.15. The number of benzene rings is 2. The van der Waals surface area contributed by atoms with Gasteiger partial charge < -0.3 is 10.0 Å². The molecule has 0 spiro atoms. The van der Waals surface area contributed by atoms with E-state index in [4.69, 9.17) is 0 Å². The minimum atomic E-state index is -1.06. The maximum Gasteiger partial charge on any atom is 0.360 e. The summed E-state index contributed by atoms with van der Waals surface area (Å²) < 4.78 is 0. The van der Waals surface area contributed by atoms with Crippen LogP contribution in [-0.4, -0.2) is 32.6 Å². The zero-order chi connectivity index (χ0) is 17.4. The molecule has 1 aliphatic rings. The first-order valence-corrected chi connectivity index (χ1v) is 8.21. The molecule has 25 heavy (non-hydrogen) atoms. The molecule has 1 aliphatic heterocycles. The number of aromatic carboxylic acids is 1. The molecule has 0 aliphatic carbocycles. The Labute approximate surface area is 145 Å². The van der Waals surface area contributed by atoms with E-state index in [9.17, 15) is 9.90 Å². The van der Waals surface area contributed by atoms with E-state index in [0.717, 1.165) is 24.2 Å². The van der Waals surface area contributed by atoms with E-state index < -0.39 is 5.97 Å². The van der Waals surface area contributed by atoms with Gasteiger partial charge in [-0.25, -0.2) is 4.79 Å². The lowest BCUT2D eigenvalue weighted by atomic mass is 10.00. The number of hydrogen-bond acceptors (Lipinski definition) is 4. The Kier molecular flexibility index (Phi) is 3.72. The van der Waals surface area contributed by atoms with Gasteiger partial charge in [-0.05, 0) is 42.2 Å². The van der Waals surface area contributed by atoms with Crippen LogP contribution in [0.4, 0.5) is 5.82 Å². The van der Waals surface area contributed by atoms with E-state index in [1.165, 1.54) is 15.9 Å². The average Bonchev–Trinajstić information content (AvgIpc) is 3.07. The van der Waals surface area contributed by atoms with Crippen molar-refractivity contribution in [2.24, 2.45) is 0 Å². The molecule has 0 saturated carbocycles. The minimum absolute atomic E-state index is 0.0131. The molecule has 0 fully saturated rings. The topological polar surface area (TPSA) is 71.2 Å². The Morgan fingerprint density at radius 2 is 1.88 bits per heavy atom. The van der Waals surface area contributed by atoms with Crippen molar-refractivity contribution in [2.75, 3.05) is 11.4 Å². The van der Waals surface area contributed by atoms with Crippen molar-refractivity contribution < 1.29 is 9.90 Å². The molecule has 6 heteroatoms. The number of carboxylic acid groups (broad SMARTS) is 1. The second-order valence-electron chi connectivity index (χ2n) is 6.25.